The van der Waals surface area contributed by atoms with Crippen molar-refractivity contribution in [2.45, 2.75) is 20.8 Å². The van der Waals surface area contributed by atoms with E-state index in [1.54, 1.807) is 7.11 Å². The number of hydrogen-bond donors (Lipinski definition) is 0. The Hall–Kier alpha value is -1.06. The minimum atomic E-state index is 0. The first-order chi connectivity index (χ1) is 9.51. The molecule has 0 bridgehead atoms. The molecule has 21 heavy (non-hydrogen) atoms. The van der Waals surface area contributed by atoms with E-state index in [1.807, 2.05) is 38.1 Å². The van der Waals surface area contributed by atoms with E-state index < -0.39 is 0 Å². The van der Waals surface area contributed by atoms with Gasteiger partial charge in [-0.15, -0.1) is 0 Å². The van der Waals surface area contributed by atoms with E-state index in [9.17, 15) is 4.79 Å². The number of benzene rings is 2. The van der Waals surface area contributed by atoms with Gasteiger partial charge in [0.05, 0.1) is 7.11 Å². The van der Waals surface area contributed by atoms with Crippen LogP contribution in [-0.4, -0.2) is 12.6 Å². The minimum absolute atomic E-state index is 0. The predicted octanol–water partition coefficient (Wildman–Crippen LogP) is 1.04. The third-order valence-corrected chi connectivity index (χ3v) is 4.18. The molecule has 0 amide bonds. The van der Waals surface area contributed by atoms with Crippen molar-refractivity contribution in [2.24, 2.45) is 0 Å². The Morgan fingerprint density at radius 2 is 1.52 bits per heavy atom. The van der Waals surface area contributed by atoms with Gasteiger partial charge >= 0.3 is 18.9 Å². The molecule has 0 aliphatic heterocycles. The Morgan fingerprint density at radius 3 is 2.00 bits per heavy atom. The molecule has 0 aliphatic carbocycles. The Morgan fingerprint density at radius 1 is 1.00 bits per heavy atom. The van der Waals surface area contributed by atoms with Gasteiger partial charge in [0.1, 0.15) is 5.75 Å². The second-order valence-corrected chi connectivity index (χ2v) is 6.03. The zero-order valence-corrected chi connectivity index (χ0v) is 14.1. The van der Waals surface area contributed by atoms with Crippen molar-refractivity contribution in [1.29, 1.82) is 0 Å². The van der Waals surface area contributed by atoms with E-state index >= 15 is 0 Å². The molecule has 4 heteroatoms. The van der Waals surface area contributed by atoms with Crippen LogP contribution in [0.2, 0.25) is 0 Å². The third kappa shape index (κ3) is 4.45. The van der Waals surface area contributed by atoms with E-state index in [1.165, 1.54) is 5.56 Å². The molecule has 104 valence electrons. The maximum absolute atomic E-state index is 12.5. The van der Waals surface area contributed by atoms with Gasteiger partial charge in [0, 0.05) is 5.52 Å². The van der Waals surface area contributed by atoms with Gasteiger partial charge in [-0.05, 0) is 49.6 Å². The molecule has 0 unspecified atom stereocenters. The maximum Gasteiger partial charge on any atom is 1.00 e. The average molecular weight is 292 g/mol. The molecular weight excluding hydrogens is 274 g/mol. The number of carbonyl (C=O) groups excluding carboxylic acids is 1. The molecule has 2 rings (SSSR count). The standard InChI is InChI=1S/C17H18O2P.Li/c1-11-9-12(2)16(13(3)10-11)17(18)20-15-7-5-14(19-4)6-8-15;/h5-10H,1-4H3;/q-1;+1. The quantitative estimate of drug-likeness (QED) is 0.622. The Kier molecular flexibility index (Phi) is 6.69. The molecule has 0 heterocycles. The summed E-state index contributed by atoms with van der Waals surface area (Å²) in [7, 11) is 2.34. The van der Waals surface area contributed by atoms with Gasteiger partial charge in [0.25, 0.3) is 0 Å². The van der Waals surface area contributed by atoms with Crippen molar-refractivity contribution in [3.63, 3.8) is 0 Å². The molecular formula is C17H18LiO2P. The number of hydrogen-bond acceptors (Lipinski definition) is 2. The smallest absolute Gasteiger partial charge is 0.497 e. The van der Waals surface area contributed by atoms with Crippen molar-refractivity contribution in [3.05, 3.63) is 58.7 Å². The maximum atomic E-state index is 12.5. The molecule has 2 nitrogen and oxygen atoms in total. The van der Waals surface area contributed by atoms with Gasteiger partial charge in [0.2, 0.25) is 0 Å². The van der Waals surface area contributed by atoms with Gasteiger partial charge in [-0.25, -0.2) is 0 Å². The Balaban J connectivity index is 0.00000220. The van der Waals surface area contributed by atoms with Gasteiger partial charge in [0.15, 0.2) is 0 Å². The third-order valence-electron chi connectivity index (χ3n) is 3.19. The molecule has 0 atom stereocenters. The first-order valence-corrected chi connectivity index (χ1v) is 7.38. The van der Waals surface area contributed by atoms with Gasteiger partial charge in [-0.1, -0.05) is 29.8 Å². The largest absolute Gasteiger partial charge is 1.00 e. The van der Waals surface area contributed by atoms with E-state index in [0.717, 1.165) is 27.7 Å². The van der Waals surface area contributed by atoms with E-state index in [0.29, 0.717) is 8.58 Å². The van der Waals surface area contributed by atoms with Crippen LogP contribution < -0.4 is 28.9 Å². The van der Waals surface area contributed by atoms with Crippen LogP contribution >= 0.6 is 8.58 Å². The van der Waals surface area contributed by atoms with Gasteiger partial charge < -0.3 is 18.1 Å². The summed E-state index contributed by atoms with van der Waals surface area (Å²) >= 11 is 0. The number of ether oxygens (including phenoxy) is 1. The van der Waals surface area contributed by atoms with Crippen molar-refractivity contribution < 1.29 is 28.4 Å². The zero-order chi connectivity index (χ0) is 14.7. The normalized spacial score (nSPS) is 10.5. The van der Waals surface area contributed by atoms with Crippen LogP contribution in [0.5, 0.6) is 5.75 Å². The summed E-state index contributed by atoms with van der Waals surface area (Å²) in [6, 6.07) is 11.7. The SMILES string of the molecule is COc1ccc([P-]C(=O)c2c(C)cc(C)cc2C)cc1.[Li+]. The van der Waals surface area contributed by atoms with E-state index in [2.05, 4.69) is 19.1 Å². The second-order valence-electron chi connectivity index (χ2n) is 4.89. The average Bonchev–Trinajstić information content (AvgIpc) is 2.38. The van der Waals surface area contributed by atoms with Crippen molar-refractivity contribution in [3.8, 4) is 5.75 Å². The Labute approximate surface area is 140 Å². The summed E-state index contributed by atoms with van der Waals surface area (Å²) in [6.07, 6.45) is 0. The molecule has 0 N–H and O–H groups in total. The summed E-state index contributed by atoms with van der Waals surface area (Å²) in [5, 5.41) is 0.982. The van der Waals surface area contributed by atoms with Crippen LogP contribution in [0, 0.1) is 20.8 Å². The predicted molar refractivity (Wildman–Crippen MR) is 84.5 cm³/mol. The van der Waals surface area contributed by atoms with Crippen molar-refractivity contribution in [2.75, 3.05) is 7.11 Å². The van der Waals surface area contributed by atoms with E-state index in [-0.39, 0.29) is 24.4 Å². The van der Waals surface area contributed by atoms with Gasteiger partial charge in [-0.3, -0.25) is 0 Å². The molecule has 2 aromatic rings. The van der Waals surface area contributed by atoms with Crippen LogP contribution in [0.1, 0.15) is 27.0 Å². The van der Waals surface area contributed by atoms with Crippen LogP contribution in [-0.2, 0) is 0 Å². The molecule has 0 saturated heterocycles. The van der Waals surface area contributed by atoms with Crippen molar-refractivity contribution in [1.82, 2.24) is 0 Å². The molecule has 0 saturated carbocycles. The Bertz CT molecular complexity index is 613. The monoisotopic (exact) mass is 292 g/mol. The van der Waals surface area contributed by atoms with Crippen LogP contribution in [0.15, 0.2) is 36.4 Å². The molecule has 0 aliphatic rings. The fraction of sp³-hybridized carbons (Fsp3) is 0.235. The summed E-state index contributed by atoms with van der Waals surface area (Å²) in [5.74, 6) is 0.805. The molecule has 0 fully saturated rings. The van der Waals surface area contributed by atoms with Crippen LogP contribution in [0.4, 0.5) is 0 Å². The van der Waals surface area contributed by atoms with E-state index in [4.69, 9.17) is 4.74 Å². The number of aryl methyl sites for hydroxylation is 3. The second kappa shape index (κ2) is 7.81. The number of methoxy groups -OCH3 is 1. The molecule has 2 aromatic carbocycles. The number of carbonyl (C=O) groups is 1. The van der Waals surface area contributed by atoms with Gasteiger partial charge in [-0.2, -0.15) is 5.30 Å². The van der Waals surface area contributed by atoms with Crippen LogP contribution in [0.3, 0.4) is 0 Å². The zero-order valence-electron chi connectivity index (χ0n) is 13.2. The summed E-state index contributed by atoms with van der Waals surface area (Å²) in [5.41, 5.74) is 4.28. The minimum Gasteiger partial charge on any atom is -0.497 e. The fourth-order valence-corrected chi connectivity index (χ4v) is 3.34. The van der Waals surface area contributed by atoms with Crippen LogP contribution in [0.25, 0.3) is 0 Å². The van der Waals surface area contributed by atoms with Crippen molar-refractivity contribution >= 4 is 19.4 Å². The topological polar surface area (TPSA) is 26.3 Å². The molecule has 0 radical (unpaired) electrons. The molecule has 0 spiro atoms. The first kappa shape index (κ1) is 18.0. The fourth-order valence-electron chi connectivity index (χ4n) is 2.35. The summed E-state index contributed by atoms with van der Waals surface area (Å²) in [6.45, 7) is 6.04. The molecule has 0 aromatic heterocycles. The summed E-state index contributed by atoms with van der Waals surface area (Å²) in [4.78, 5) is 12.5. The number of rotatable bonds is 4. The first-order valence-electron chi connectivity index (χ1n) is 6.49. The summed E-state index contributed by atoms with van der Waals surface area (Å²) < 4.78 is 5.12.